The molecule has 2 N–H and O–H groups in total. The third-order valence-electron chi connectivity index (χ3n) is 5.01. The van der Waals surface area contributed by atoms with Crippen molar-refractivity contribution in [3.05, 3.63) is 94.9 Å². The van der Waals surface area contributed by atoms with Crippen LogP contribution < -0.4 is 10.9 Å². The third-order valence-corrected chi connectivity index (χ3v) is 5.01. The summed E-state index contributed by atoms with van der Waals surface area (Å²) in [4.78, 5) is 31.8. The van der Waals surface area contributed by atoms with E-state index in [1.165, 1.54) is 17.2 Å². The number of aromatic amines is 1. The first-order chi connectivity index (χ1) is 15.1. The van der Waals surface area contributed by atoms with Crippen LogP contribution in [0.5, 0.6) is 0 Å². The largest absolute Gasteiger partial charge is 0.320 e. The monoisotopic (exact) mass is 411 g/mol. The van der Waals surface area contributed by atoms with Gasteiger partial charge in [-0.3, -0.25) is 9.59 Å². The van der Waals surface area contributed by atoms with Gasteiger partial charge in [0.2, 0.25) is 0 Å². The van der Waals surface area contributed by atoms with Crippen molar-refractivity contribution in [2.24, 2.45) is 0 Å². The van der Waals surface area contributed by atoms with Crippen LogP contribution in [0.4, 0.5) is 5.69 Å². The molecule has 0 bridgehead atoms. The number of nitrogens with one attached hydrogen (secondary N) is 2. The number of carbonyl (C=O) groups excluding carboxylic acids is 1. The summed E-state index contributed by atoms with van der Waals surface area (Å²) in [5, 5.41) is 12.0. The van der Waals surface area contributed by atoms with Crippen LogP contribution in [0, 0.1) is 6.92 Å². The van der Waals surface area contributed by atoms with E-state index in [9.17, 15) is 9.59 Å². The quantitative estimate of drug-likeness (QED) is 0.472. The maximum Gasteiger partial charge on any atom is 0.261 e. The van der Waals surface area contributed by atoms with Gasteiger partial charge in [0.25, 0.3) is 11.5 Å². The third kappa shape index (κ3) is 3.18. The second-order valence-electron chi connectivity index (χ2n) is 6.89. The first-order valence-electron chi connectivity index (χ1n) is 9.55. The Bertz CT molecular complexity index is 1460. The van der Waals surface area contributed by atoms with Crippen molar-refractivity contribution >= 4 is 22.6 Å². The molecule has 5 rings (SSSR count). The number of hydrogen-bond donors (Lipinski definition) is 2. The van der Waals surface area contributed by atoms with Crippen LogP contribution in [0.3, 0.4) is 0 Å². The standard InChI is InChI=1S/C22H17N7O2/c1-14-16(11-25-28(14)15-7-3-2-4-8-15)22(31)27-18-9-5-6-10-19(18)29-20-17(12-26-29)21(30)24-13-23-20/h2-13H,1H3,(H,27,31)(H,23,24,30). The number of aromatic nitrogens is 6. The van der Waals surface area contributed by atoms with Gasteiger partial charge >= 0.3 is 0 Å². The van der Waals surface area contributed by atoms with E-state index in [1.54, 1.807) is 23.0 Å². The van der Waals surface area contributed by atoms with Gasteiger partial charge in [0.05, 0.1) is 47.0 Å². The molecule has 9 heteroatoms. The van der Waals surface area contributed by atoms with E-state index in [0.717, 1.165) is 11.4 Å². The van der Waals surface area contributed by atoms with Crippen LogP contribution in [0.2, 0.25) is 0 Å². The molecular weight excluding hydrogens is 394 g/mol. The number of nitrogens with zero attached hydrogens (tertiary/aromatic N) is 5. The first kappa shape index (κ1) is 18.5. The Kier molecular flexibility index (Phi) is 4.40. The predicted octanol–water partition coefficient (Wildman–Crippen LogP) is 2.86. The Balaban J connectivity index is 1.51. The second kappa shape index (κ2) is 7.38. The highest BCUT2D eigenvalue weighted by atomic mass is 16.1. The van der Waals surface area contributed by atoms with Crippen LogP contribution in [-0.2, 0) is 0 Å². The minimum atomic E-state index is -0.297. The number of amides is 1. The Morgan fingerprint density at radius 2 is 1.71 bits per heavy atom. The topological polar surface area (TPSA) is 110 Å². The zero-order chi connectivity index (χ0) is 21.4. The fourth-order valence-corrected chi connectivity index (χ4v) is 3.45. The van der Waals surface area contributed by atoms with Gasteiger partial charge in [0.15, 0.2) is 5.65 Å². The van der Waals surface area contributed by atoms with E-state index in [0.29, 0.717) is 28.0 Å². The molecule has 0 fully saturated rings. The Morgan fingerprint density at radius 3 is 2.55 bits per heavy atom. The molecule has 31 heavy (non-hydrogen) atoms. The first-order valence-corrected chi connectivity index (χ1v) is 9.55. The number of fused-ring (bicyclic) bond motifs is 1. The minimum Gasteiger partial charge on any atom is -0.320 e. The normalized spacial score (nSPS) is 11.0. The second-order valence-corrected chi connectivity index (χ2v) is 6.89. The molecule has 0 aliphatic carbocycles. The summed E-state index contributed by atoms with van der Waals surface area (Å²) in [7, 11) is 0. The molecule has 2 aromatic carbocycles. The van der Waals surface area contributed by atoms with Crippen LogP contribution in [0.15, 0.2) is 78.1 Å². The zero-order valence-corrected chi connectivity index (χ0v) is 16.5. The van der Waals surface area contributed by atoms with Crippen molar-refractivity contribution in [3.8, 4) is 11.4 Å². The molecule has 0 atom stereocenters. The van der Waals surface area contributed by atoms with Gasteiger partial charge in [-0.1, -0.05) is 30.3 Å². The number of benzene rings is 2. The van der Waals surface area contributed by atoms with Crippen molar-refractivity contribution < 1.29 is 4.79 Å². The number of H-pyrrole nitrogens is 1. The highest BCUT2D eigenvalue weighted by Gasteiger charge is 2.18. The van der Waals surface area contributed by atoms with E-state index >= 15 is 0 Å². The molecule has 152 valence electrons. The van der Waals surface area contributed by atoms with Gasteiger partial charge in [-0.05, 0) is 31.2 Å². The highest BCUT2D eigenvalue weighted by Crippen LogP contribution is 2.23. The van der Waals surface area contributed by atoms with Gasteiger partial charge < -0.3 is 10.3 Å². The molecule has 0 radical (unpaired) electrons. The fourth-order valence-electron chi connectivity index (χ4n) is 3.45. The Morgan fingerprint density at radius 1 is 0.968 bits per heavy atom. The molecule has 3 heterocycles. The molecule has 0 spiro atoms. The van der Waals surface area contributed by atoms with E-state index in [1.807, 2.05) is 49.4 Å². The number of hydrogen-bond acceptors (Lipinski definition) is 5. The minimum absolute atomic E-state index is 0.276. The van der Waals surface area contributed by atoms with Crippen molar-refractivity contribution in [1.29, 1.82) is 0 Å². The summed E-state index contributed by atoms with van der Waals surface area (Å²) in [5.41, 5.74) is 3.31. The van der Waals surface area contributed by atoms with Crippen molar-refractivity contribution in [2.75, 3.05) is 5.32 Å². The number of carbonyl (C=O) groups is 1. The van der Waals surface area contributed by atoms with Crippen LogP contribution in [0.25, 0.3) is 22.4 Å². The lowest BCUT2D eigenvalue weighted by atomic mass is 10.2. The van der Waals surface area contributed by atoms with Gasteiger partial charge in [0, 0.05) is 0 Å². The van der Waals surface area contributed by atoms with E-state index in [2.05, 4.69) is 25.5 Å². The Labute approximate surface area is 176 Å². The SMILES string of the molecule is Cc1c(C(=O)Nc2ccccc2-n2ncc3c(=O)[nH]cnc32)cnn1-c1ccccc1. The molecule has 0 aliphatic rings. The molecule has 0 saturated carbocycles. The average molecular weight is 411 g/mol. The summed E-state index contributed by atoms with van der Waals surface area (Å²) >= 11 is 0. The lowest BCUT2D eigenvalue weighted by Crippen LogP contribution is -2.15. The molecular formula is C22H17N7O2. The molecule has 9 nitrogen and oxygen atoms in total. The smallest absolute Gasteiger partial charge is 0.261 e. The molecule has 0 aliphatic heterocycles. The predicted molar refractivity (Wildman–Crippen MR) is 116 cm³/mol. The number of para-hydroxylation sites is 3. The van der Waals surface area contributed by atoms with Crippen LogP contribution in [-0.4, -0.2) is 35.4 Å². The molecule has 3 aromatic heterocycles. The molecule has 0 saturated heterocycles. The van der Waals surface area contributed by atoms with Crippen LogP contribution >= 0.6 is 0 Å². The van der Waals surface area contributed by atoms with E-state index < -0.39 is 0 Å². The van der Waals surface area contributed by atoms with Gasteiger partial charge in [-0.25, -0.2) is 14.3 Å². The molecule has 1 amide bonds. The zero-order valence-electron chi connectivity index (χ0n) is 16.5. The lowest BCUT2D eigenvalue weighted by molar-refractivity contribution is 0.102. The van der Waals surface area contributed by atoms with Crippen molar-refractivity contribution in [3.63, 3.8) is 0 Å². The highest BCUT2D eigenvalue weighted by molar-refractivity contribution is 6.06. The molecule has 0 unspecified atom stereocenters. The summed E-state index contributed by atoms with van der Waals surface area (Å²) in [5.74, 6) is -0.297. The Hall–Kier alpha value is -4.53. The fraction of sp³-hybridized carbons (Fsp3) is 0.0455. The number of rotatable bonds is 4. The van der Waals surface area contributed by atoms with Gasteiger partial charge in [0.1, 0.15) is 5.39 Å². The molecule has 5 aromatic rings. The van der Waals surface area contributed by atoms with E-state index in [-0.39, 0.29) is 11.5 Å². The van der Waals surface area contributed by atoms with Crippen molar-refractivity contribution in [1.82, 2.24) is 29.5 Å². The lowest BCUT2D eigenvalue weighted by Gasteiger charge is -2.11. The maximum absolute atomic E-state index is 13.1. The van der Waals surface area contributed by atoms with Crippen LogP contribution in [0.1, 0.15) is 16.1 Å². The summed E-state index contributed by atoms with van der Waals surface area (Å²) in [6.45, 7) is 1.85. The van der Waals surface area contributed by atoms with Gasteiger partial charge in [-0.2, -0.15) is 10.2 Å². The van der Waals surface area contributed by atoms with Crippen molar-refractivity contribution in [2.45, 2.75) is 6.92 Å². The summed E-state index contributed by atoms with van der Waals surface area (Å²) < 4.78 is 3.25. The summed E-state index contributed by atoms with van der Waals surface area (Å²) in [6, 6.07) is 16.8. The number of anilines is 1. The van der Waals surface area contributed by atoms with E-state index in [4.69, 9.17) is 0 Å². The average Bonchev–Trinajstić information content (AvgIpc) is 3.39. The summed E-state index contributed by atoms with van der Waals surface area (Å²) in [6.07, 6.45) is 4.32. The van der Waals surface area contributed by atoms with Gasteiger partial charge in [-0.15, -0.1) is 0 Å². The maximum atomic E-state index is 13.1.